The fraction of sp³-hybridized carbons (Fsp3) is 0.300. The van der Waals surface area contributed by atoms with Crippen molar-refractivity contribution < 1.29 is 14.1 Å². The Morgan fingerprint density at radius 1 is 1.15 bits per heavy atom. The number of amides is 1. The summed E-state index contributed by atoms with van der Waals surface area (Å²) in [6.45, 7) is 5.37. The molecule has 2 aromatic carbocycles. The molecule has 0 unspecified atom stereocenters. The molecule has 1 aromatic heterocycles. The predicted octanol–water partition coefficient (Wildman–Crippen LogP) is 2.84. The van der Waals surface area contributed by atoms with Gasteiger partial charge in [0.25, 0.3) is 5.91 Å². The number of nitrogens with zero attached hydrogens (tertiary/aromatic N) is 2. The van der Waals surface area contributed by atoms with Crippen LogP contribution in [0.3, 0.4) is 0 Å². The normalized spacial score (nSPS) is 11.3. The molecule has 0 aliphatic rings. The number of anilines is 1. The van der Waals surface area contributed by atoms with E-state index < -0.39 is 0 Å². The van der Waals surface area contributed by atoms with Crippen molar-refractivity contribution in [2.45, 2.75) is 13.8 Å². The molecule has 0 atom stereocenters. The first kappa shape index (κ1) is 18.5. The molecule has 136 valence electrons. The van der Waals surface area contributed by atoms with Crippen LogP contribution in [-0.4, -0.2) is 38.1 Å². The Labute approximate surface area is 156 Å². The zero-order valence-electron chi connectivity index (χ0n) is 15.5. The van der Waals surface area contributed by atoms with Gasteiger partial charge in [-0.15, -0.1) is 0 Å². The third-order valence-electron chi connectivity index (χ3n) is 4.40. The average Bonchev–Trinajstić information content (AvgIpc) is 2.99. The second-order valence-corrected chi connectivity index (χ2v) is 7.83. The van der Waals surface area contributed by atoms with Crippen molar-refractivity contribution in [1.29, 1.82) is 0 Å². The molecule has 3 rings (SSSR count). The van der Waals surface area contributed by atoms with Gasteiger partial charge in [-0.2, -0.15) is 0 Å². The van der Waals surface area contributed by atoms with E-state index in [1.165, 1.54) is 28.4 Å². The number of aromatic nitrogens is 1. The first-order chi connectivity index (χ1) is 12.3. The van der Waals surface area contributed by atoms with Gasteiger partial charge in [0, 0.05) is 5.56 Å². The number of hydrogen-bond acceptors (Lipinski definition) is 3. The van der Waals surface area contributed by atoms with Crippen molar-refractivity contribution in [2.24, 2.45) is 0 Å². The zero-order valence-corrected chi connectivity index (χ0v) is 16.3. The molecular weight excluding hydrogens is 349 g/mol. The fourth-order valence-corrected chi connectivity index (χ4v) is 3.67. The first-order valence-corrected chi connectivity index (χ1v) is 9.41. The number of quaternary nitrogens is 1. The maximum absolute atomic E-state index is 13.5. The van der Waals surface area contributed by atoms with Crippen LogP contribution in [0.25, 0.3) is 10.2 Å². The molecule has 1 amide bonds. The van der Waals surface area contributed by atoms with Crippen molar-refractivity contribution in [3.63, 3.8) is 0 Å². The van der Waals surface area contributed by atoms with Gasteiger partial charge in [0.05, 0.1) is 37.4 Å². The lowest BCUT2D eigenvalue weighted by Crippen LogP contribution is -3.06. The van der Waals surface area contributed by atoms with Crippen molar-refractivity contribution in [3.8, 4) is 0 Å². The molecule has 0 saturated carbocycles. The fourth-order valence-electron chi connectivity index (χ4n) is 2.65. The standard InChI is InChI=1S/C20H22FN3OS/c1-13-5-6-15(11-14(13)2)19(25)24(10-9-23(3)4)20-22-17-8-7-16(21)12-18(17)26-20/h5-8,11-12H,9-10H2,1-4H3/p+1. The van der Waals surface area contributed by atoms with Gasteiger partial charge in [0.2, 0.25) is 0 Å². The molecule has 0 bridgehead atoms. The minimum absolute atomic E-state index is 0.0751. The van der Waals surface area contributed by atoms with E-state index in [1.807, 2.05) is 46.1 Å². The number of benzene rings is 2. The number of likely N-dealkylation sites (N-methyl/N-ethyl adjacent to an activating group) is 1. The molecule has 0 fully saturated rings. The van der Waals surface area contributed by atoms with Crippen molar-refractivity contribution in [3.05, 3.63) is 58.9 Å². The van der Waals surface area contributed by atoms with Crippen LogP contribution in [-0.2, 0) is 0 Å². The van der Waals surface area contributed by atoms with E-state index in [1.54, 1.807) is 11.0 Å². The lowest BCUT2D eigenvalue weighted by Gasteiger charge is -2.21. The summed E-state index contributed by atoms with van der Waals surface area (Å²) in [6.07, 6.45) is 0. The first-order valence-electron chi connectivity index (χ1n) is 8.59. The Balaban J connectivity index is 1.99. The van der Waals surface area contributed by atoms with Gasteiger partial charge in [0.15, 0.2) is 5.13 Å². The van der Waals surface area contributed by atoms with E-state index in [0.29, 0.717) is 22.8 Å². The summed E-state index contributed by atoms with van der Waals surface area (Å²) in [5.41, 5.74) is 3.59. The zero-order chi connectivity index (χ0) is 18.8. The molecule has 0 aliphatic heterocycles. The number of fused-ring (bicyclic) bond motifs is 1. The van der Waals surface area contributed by atoms with Crippen LogP contribution in [0.2, 0.25) is 0 Å². The maximum atomic E-state index is 13.5. The molecule has 1 heterocycles. The molecule has 0 radical (unpaired) electrons. The molecule has 4 nitrogen and oxygen atoms in total. The summed E-state index contributed by atoms with van der Waals surface area (Å²) in [5, 5.41) is 0.607. The summed E-state index contributed by atoms with van der Waals surface area (Å²) in [4.78, 5) is 20.7. The molecular formula is C20H23FN3OS+. The molecule has 0 spiro atoms. The van der Waals surface area contributed by atoms with Crippen LogP contribution in [0.4, 0.5) is 9.52 Å². The van der Waals surface area contributed by atoms with Crippen LogP contribution in [0, 0.1) is 19.7 Å². The number of hydrogen-bond donors (Lipinski definition) is 1. The van der Waals surface area contributed by atoms with Gasteiger partial charge >= 0.3 is 0 Å². The van der Waals surface area contributed by atoms with Crippen molar-refractivity contribution >= 4 is 32.6 Å². The predicted molar refractivity (Wildman–Crippen MR) is 105 cm³/mol. The van der Waals surface area contributed by atoms with Gasteiger partial charge in [0.1, 0.15) is 5.82 Å². The van der Waals surface area contributed by atoms with Gasteiger partial charge in [-0.25, -0.2) is 9.37 Å². The highest BCUT2D eigenvalue weighted by Crippen LogP contribution is 2.30. The minimum Gasteiger partial charge on any atom is -0.338 e. The molecule has 3 aromatic rings. The Bertz CT molecular complexity index is 951. The third kappa shape index (κ3) is 3.92. The molecule has 1 N–H and O–H groups in total. The summed E-state index contributed by atoms with van der Waals surface area (Å²) in [6, 6.07) is 10.2. The SMILES string of the molecule is Cc1ccc(C(=O)N(CC[NH+](C)C)c2nc3ccc(F)cc3s2)cc1C. The second-order valence-electron chi connectivity index (χ2n) is 6.82. The van der Waals surface area contributed by atoms with E-state index in [2.05, 4.69) is 4.98 Å². The lowest BCUT2D eigenvalue weighted by molar-refractivity contribution is -0.856. The maximum Gasteiger partial charge on any atom is 0.260 e. The molecule has 0 aliphatic carbocycles. The highest BCUT2D eigenvalue weighted by Gasteiger charge is 2.22. The minimum atomic E-state index is -0.294. The van der Waals surface area contributed by atoms with Crippen LogP contribution in [0.1, 0.15) is 21.5 Å². The van der Waals surface area contributed by atoms with E-state index in [0.717, 1.165) is 22.4 Å². The number of nitrogens with one attached hydrogen (secondary N) is 1. The largest absolute Gasteiger partial charge is 0.338 e. The summed E-state index contributed by atoms with van der Waals surface area (Å²) < 4.78 is 14.2. The molecule has 26 heavy (non-hydrogen) atoms. The number of rotatable bonds is 5. The highest BCUT2D eigenvalue weighted by molar-refractivity contribution is 7.22. The number of carbonyl (C=O) groups is 1. The third-order valence-corrected chi connectivity index (χ3v) is 5.45. The van der Waals surface area contributed by atoms with Crippen LogP contribution in [0.15, 0.2) is 36.4 Å². The van der Waals surface area contributed by atoms with E-state index in [-0.39, 0.29) is 11.7 Å². The highest BCUT2D eigenvalue weighted by atomic mass is 32.1. The Morgan fingerprint density at radius 3 is 2.62 bits per heavy atom. The monoisotopic (exact) mass is 372 g/mol. The van der Waals surface area contributed by atoms with E-state index in [4.69, 9.17) is 0 Å². The van der Waals surface area contributed by atoms with Crippen molar-refractivity contribution in [2.75, 3.05) is 32.1 Å². The van der Waals surface area contributed by atoms with Gasteiger partial charge < -0.3 is 4.90 Å². The number of carbonyl (C=O) groups excluding carboxylic acids is 1. The summed E-state index contributed by atoms with van der Waals surface area (Å²) in [7, 11) is 4.10. The summed E-state index contributed by atoms with van der Waals surface area (Å²) in [5.74, 6) is -0.369. The smallest absolute Gasteiger partial charge is 0.260 e. The van der Waals surface area contributed by atoms with E-state index in [9.17, 15) is 9.18 Å². The van der Waals surface area contributed by atoms with Crippen LogP contribution < -0.4 is 9.80 Å². The second kappa shape index (κ2) is 7.51. The number of thiazole rings is 1. The van der Waals surface area contributed by atoms with Gasteiger partial charge in [-0.3, -0.25) is 9.69 Å². The van der Waals surface area contributed by atoms with Gasteiger partial charge in [-0.1, -0.05) is 17.4 Å². The van der Waals surface area contributed by atoms with Gasteiger partial charge in [-0.05, 0) is 55.3 Å². The Kier molecular flexibility index (Phi) is 5.34. The molecule has 0 saturated heterocycles. The Morgan fingerprint density at radius 2 is 1.92 bits per heavy atom. The number of halogens is 1. The molecule has 6 heteroatoms. The topological polar surface area (TPSA) is 37.6 Å². The number of aryl methyl sites for hydroxylation is 2. The average molecular weight is 372 g/mol. The Hall–Kier alpha value is -2.31. The van der Waals surface area contributed by atoms with Crippen LogP contribution in [0.5, 0.6) is 0 Å². The quantitative estimate of drug-likeness (QED) is 0.748. The summed E-state index contributed by atoms with van der Waals surface area (Å²) >= 11 is 1.35. The van der Waals surface area contributed by atoms with Crippen LogP contribution >= 0.6 is 11.3 Å². The lowest BCUT2D eigenvalue weighted by atomic mass is 10.1. The van der Waals surface area contributed by atoms with E-state index >= 15 is 0 Å². The van der Waals surface area contributed by atoms with Crippen molar-refractivity contribution in [1.82, 2.24) is 4.98 Å².